The van der Waals surface area contributed by atoms with Gasteiger partial charge in [0.25, 0.3) is 10.0 Å². The van der Waals surface area contributed by atoms with Gasteiger partial charge in [0.1, 0.15) is 5.60 Å². The first-order valence-corrected chi connectivity index (χ1v) is 8.22. The monoisotopic (exact) mass is 314 g/mol. The van der Waals surface area contributed by atoms with E-state index in [-0.39, 0.29) is 4.90 Å². The summed E-state index contributed by atoms with van der Waals surface area (Å²) >= 11 is 0. The molecular weight excluding hydrogens is 292 g/mol. The Kier molecular flexibility index (Phi) is 5.74. The molecule has 1 amide bonds. The van der Waals surface area contributed by atoms with Crippen LogP contribution < -0.4 is 10.3 Å². The average Bonchev–Trinajstić information content (AvgIpc) is 2.36. The Morgan fingerprint density at radius 2 is 1.76 bits per heavy atom. The first-order chi connectivity index (χ1) is 9.64. The number of sulfonamides is 1. The van der Waals surface area contributed by atoms with Crippen molar-refractivity contribution < 1.29 is 17.9 Å². The maximum Gasteiger partial charge on any atom is 0.423 e. The summed E-state index contributed by atoms with van der Waals surface area (Å²) in [6.07, 6.45) is 1.03. The molecule has 0 atom stereocenters. The van der Waals surface area contributed by atoms with Gasteiger partial charge in [-0.2, -0.15) is 0 Å². The number of carbonyl (C=O) groups excluding carboxylic acids is 1. The molecule has 0 fully saturated rings. The third-order valence-electron chi connectivity index (χ3n) is 2.46. The molecule has 0 unspecified atom stereocenters. The van der Waals surface area contributed by atoms with Crippen LogP contribution in [0, 0.1) is 0 Å². The lowest BCUT2D eigenvalue weighted by Crippen LogP contribution is -2.44. The van der Waals surface area contributed by atoms with Crippen LogP contribution in [0.25, 0.3) is 0 Å². The van der Waals surface area contributed by atoms with Crippen LogP contribution in [0.4, 0.5) is 4.79 Å². The molecular formula is C14H22N2O4S. The number of carbonyl (C=O) groups is 1. The Balaban J connectivity index is 2.67. The molecule has 7 heteroatoms. The molecule has 1 rings (SSSR count). The highest BCUT2D eigenvalue weighted by Crippen LogP contribution is 2.11. The van der Waals surface area contributed by atoms with Crippen molar-refractivity contribution in [2.24, 2.45) is 0 Å². The number of amides is 1. The maximum atomic E-state index is 12.0. The molecule has 0 aromatic heterocycles. The summed E-state index contributed by atoms with van der Waals surface area (Å²) in [6, 6.07) is 6.52. The zero-order valence-electron chi connectivity index (χ0n) is 12.8. The number of rotatable bonds is 5. The molecule has 6 nitrogen and oxygen atoms in total. The lowest BCUT2D eigenvalue weighted by atomic mass is 10.1. The molecule has 0 heterocycles. The minimum absolute atomic E-state index is 0.0819. The highest BCUT2D eigenvalue weighted by Gasteiger charge is 2.19. The van der Waals surface area contributed by atoms with Crippen molar-refractivity contribution in [3.63, 3.8) is 0 Å². The Hall–Kier alpha value is -1.60. The number of hydrazine groups is 1. The molecule has 0 aliphatic heterocycles. The zero-order chi connectivity index (χ0) is 16.1. The molecule has 1 aromatic rings. The fourth-order valence-corrected chi connectivity index (χ4v) is 2.43. The van der Waals surface area contributed by atoms with Gasteiger partial charge in [-0.05, 0) is 44.9 Å². The second-order valence-electron chi connectivity index (χ2n) is 5.63. The molecule has 0 radical (unpaired) electrons. The number of nitrogens with one attached hydrogen (secondary N) is 2. The molecule has 1 aromatic carbocycles. The molecule has 0 aliphatic rings. The van der Waals surface area contributed by atoms with Crippen LogP contribution >= 0.6 is 0 Å². The summed E-state index contributed by atoms with van der Waals surface area (Å²) in [5, 5.41) is 0. The number of benzene rings is 1. The van der Waals surface area contributed by atoms with Gasteiger partial charge in [0, 0.05) is 0 Å². The van der Waals surface area contributed by atoms with Crippen LogP contribution in [0.1, 0.15) is 39.7 Å². The molecule has 0 saturated heterocycles. The molecule has 21 heavy (non-hydrogen) atoms. The van der Waals surface area contributed by atoms with Gasteiger partial charge in [-0.15, -0.1) is 4.83 Å². The van der Waals surface area contributed by atoms with E-state index in [0.717, 1.165) is 18.4 Å². The fourth-order valence-electron chi connectivity index (χ4n) is 1.60. The molecule has 2 N–H and O–H groups in total. The Labute approximate surface area is 125 Å². The van der Waals surface area contributed by atoms with Gasteiger partial charge in [-0.25, -0.2) is 18.6 Å². The van der Waals surface area contributed by atoms with E-state index < -0.39 is 21.7 Å². The SMILES string of the molecule is CCCc1ccc(S(=O)(=O)NNC(=O)OC(C)(C)C)cc1. The van der Waals surface area contributed by atoms with E-state index in [0.29, 0.717) is 0 Å². The van der Waals surface area contributed by atoms with Gasteiger partial charge in [0.2, 0.25) is 0 Å². The largest absolute Gasteiger partial charge is 0.443 e. The number of ether oxygens (including phenoxy) is 1. The summed E-state index contributed by atoms with van der Waals surface area (Å²) in [4.78, 5) is 13.5. The first-order valence-electron chi connectivity index (χ1n) is 6.74. The zero-order valence-corrected chi connectivity index (χ0v) is 13.6. The summed E-state index contributed by atoms with van der Waals surface area (Å²) in [5.74, 6) is 0. The highest BCUT2D eigenvalue weighted by atomic mass is 32.2. The second kappa shape index (κ2) is 6.91. The predicted molar refractivity (Wildman–Crippen MR) is 80.1 cm³/mol. The minimum atomic E-state index is -3.80. The van der Waals surface area contributed by atoms with E-state index >= 15 is 0 Å². The average molecular weight is 314 g/mol. The van der Waals surface area contributed by atoms with Gasteiger partial charge >= 0.3 is 6.09 Å². The maximum absolute atomic E-state index is 12.0. The molecule has 0 spiro atoms. The van der Waals surface area contributed by atoms with Gasteiger partial charge in [-0.1, -0.05) is 25.5 Å². The van der Waals surface area contributed by atoms with E-state index in [2.05, 4.69) is 6.92 Å². The van der Waals surface area contributed by atoms with Crippen LogP contribution in [-0.4, -0.2) is 20.1 Å². The Morgan fingerprint density at radius 3 is 2.24 bits per heavy atom. The standard InChI is InChI=1S/C14H22N2O4S/c1-5-6-11-7-9-12(10-8-11)21(18,19)16-15-13(17)20-14(2,3)4/h7-10,16H,5-6H2,1-4H3,(H,15,17). The van der Waals surface area contributed by atoms with Gasteiger partial charge < -0.3 is 4.74 Å². The lowest BCUT2D eigenvalue weighted by molar-refractivity contribution is 0.0515. The molecule has 118 valence electrons. The summed E-state index contributed by atoms with van der Waals surface area (Å²) < 4.78 is 28.9. The van der Waals surface area contributed by atoms with Crippen LogP contribution in [0.3, 0.4) is 0 Å². The summed E-state index contributed by atoms with van der Waals surface area (Å²) in [5.41, 5.74) is 2.39. The lowest BCUT2D eigenvalue weighted by Gasteiger charge is -2.19. The van der Waals surface area contributed by atoms with Crippen molar-refractivity contribution in [2.45, 2.75) is 51.0 Å². The summed E-state index contributed by atoms with van der Waals surface area (Å²) in [7, 11) is -3.80. The van der Waals surface area contributed by atoms with Crippen molar-refractivity contribution in [1.82, 2.24) is 10.3 Å². The van der Waals surface area contributed by atoms with Crippen molar-refractivity contribution >= 4 is 16.1 Å². The fraction of sp³-hybridized carbons (Fsp3) is 0.500. The quantitative estimate of drug-likeness (QED) is 0.817. The van der Waals surface area contributed by atoms with E-state index in [9.17, 15) is 13.2 Å². The van der Waals surface area contributed by atoms with Gasteiger partial charge in [0.05, 0.1) is 4.90 Å². The number of aryl methyl sites for hydroxylation is 1. The smallest absolute Gasteiger partial charge is 0.423 e. The van der Waals surface area contributed by atoms with Crippen LogP contribution in [0.2, 0.25) is 0 Å². The minimum Gasteiger partial charge on any atom is -0.443 e. The van der Waals surface area contributed by atoms with Gasteiger partial charge in [-0.3, -0.25) is 0 Å². The predicted octanol–water partition coefficient (Wildman–Crippen LogP) is 2.36. The molecule has 0 bridgehead atoms. The van der Waals surface area contributed by atoms with E-state index in [1.54, 1.807) is 32.9 Å². The second-order valence-corrected chi connectivity index (χ2v) is 7.31. The van der Waals surface area contributed by atoms with Crippen LogP contribution in [-0.2, 0) is 21.2 Å². The third-order valence-corrected chi connectivity index (χ3v) is 3.72. The number of hydrogen-bond donors (Lipinski definition) is 2. The van der Waals surface area contributed by atoms with Crippen LogP contribution in [0.15, 0.2) is 29.2 Å². The highest BCUT2D eigenvalue weighted by molar-refractivity contribution is 7.89. The van der Waals surface area contributed by atoms with E-state index in [1.807, 2.05) is 10.3 Å². The van der Waals surface area contributed by atoms with E-state index in [4.69, 9.17) is 4.74 Å². The third kappa shape index (κ3) is 6.14. The molecule has 0 saturated carbocycles. The van der Waals surface area contributed by atoms with Crippen molar-refractivity contribution in [1.29, 1.82) is 0 Å². The van der Waals surface area contributed by atoms with E-state index in [1.165, 1.54) is 12.1 Å². The van der Waals surface area contributed by atoms with Gasteiger partial charge in [0.15, 0.2) is 0 Å². The summed E-state index contributed by atoms with van der Waals surface area (Å²) in [6.45, 7) is 7.12. The van der Waals surface area contributed by atoms with Crippen molar-refractivity contribution in [3.05, 3.63) is 29.8 Å². The van der Waals surface area contributed by atoms with Crippen molar-refractivity contribution in [3.8, 4) is 0 Å². The Bertz CT molecular complexity index is 574. The normalized spacial score (nSPS) is 12.0. The Morgan fingerprint density at radius 1 is 1.19 bits per heavy atom. The first kappa shape index (κ1) is 17.5. The van der Waals surface area contributed by atoms with Crippen molar-refractivity contribution in [2.75, 3.05) is 0 Å². The topological polar surface area (TPSA) is 84.5 Å². The molecule has 0 aliphatic carbocycles. The number of hydrogen-bond acceptors (Lipinski definition) is 4. The van der Waals surface area contributed by atoms with Crippen LogP contribution in [0.5, 0.6) is 0 Å².